The maximum Gasteiger partial charge on any atom is 0.0682 e. The summed E-state index contributed by atoms with van der Waals surface area (Å²) in [5, 5.41) is 0. The summed E-state index contributed by atoms with van der Waals surface area (Å²) >= 11 is 0. The second kappa shape index (κ2) is 2.96. The van der Waals surface area contributed by atoms with Crippen LogP contribution in [0.3, 0.4) is 0 Å². The van der Waals surface area contributed by atoms with E-state index < -0.39 is 0 Å². The molecule has 1 aliphatic carbocycles. The van der Waals surface area contributed by atoms with Crippen LogP contribution in [0.5, 0.6) is 0 Å². The number of aliphatic imine (C=N–C) groups is 1. The fourth-order valence-electron chi connectivity index (χ4n) is 2.76. The molecule has 3 unspecified atom stereocenters. The van der Waals surface area contributed by atoms with Crippen LogP contribution in [-0.4, -0.2) is 11.8 Å². The molecule has 1 heteroatoms. The molecule has 0 saturated heterocycles. The number of fused-ring (bicyclic) bond motifs is 1. The van der Waals surface area contributed by atoms with Crippen LogP contribution in [0, 0.1) is 22.7 Å². The van der Waals surface area contributed by atoms with E-state index in [1.807, 2.05) is 0 Å². The minimum Gasteiger partial charge on any atom is -0.288 e. The van der Waals surface area contributed by atoms with Crippen molar-refractivity contribution in [3.8, 4) is 0 Å². The average Bonchev–Trinajstić information content (AvgIpc) is 2.22. The Bertz CT molecular complexity index is 322. The minimum absolute atomic E-state index is 0.248. The molecule has 84 valence electrons. The van der Waals surface area contributed by atoms with Crippen molar-refractivity contribution in [2.45, 2.75) is 47.6 Å². The van der Waals surface area contributed by atoms with Gasteiger partial charge in [0.15, 0.2) is 0 Å². The van der Waals surface area contributed by atoms with Gasteiger partial charge in [0.1, 0.15) is 0 Å². The van der Waals surface area contributed by atoms with E-state index in [0.717, 1.165) is 0 Å². The van der Waals surface area contributed by atoms with Crippen LogP contribution in [0.2, 0.25) is 0 Å². The van der Waals surface area contributed by atoms with Crippen LogP contribution >= 0.6 is 0 Å². The molecule has 0 N–H and O–H groups in total. The van der Waals surface area contributed by atoms with Gasteiger partial charge in [-0.3, -0.25) is 4.99 Å². The first-order valence-corrected chi connectivity index (χ1v) is 5.98. The van der Waals surface area contributed by atoms with E-state index in [-0.39, 0.29) is 5.41 Å². The van der Waals surface area contributed by atoms with Gasteiger partial charge >= 0.3 is 0 Å². The standard InChI is InChI=1S/C14H23N/c1-13(2,3)10-8-7-9-11(10)15-12(9)14(4,5)6/h7-11H,1-6H3. The zero-order valence-electron chi connectivity index (χ0n) is 10.8. The van der Waals surface area contributed by atoms with Crippen LogP contribution in [0.15, 0.2) is 17.1 Å². The third kappa shape index (κ3) is 1.66. The van der Waals surface area contributed by atoms with Gasteiger partial charge < -0.3 is 0 Å². The molecule has 1 heterocycles. The smallest absolute Gasteiger partial charge is 0.0682 e. The zero-order valence-corrected chi connectivity index (χ0v) is 10.8. The highest BCUT2D eigenvalue weighted by Gasteiger charge is 2.48. The highest BCUT2D eigenvalue weighted by Crippen LogP contribution is 2.47. The molecule has 0 spiro atoms. The SMILES string of the molecule is CC(C)(C)C1=NC2C1C=CC2C(C)(C)C. The molecule has 2 aliphatic rings. The van der Waals surface area contributed by atoms with Gasteiger partial charge in [-0.2, -0.15) is 0 Å². The van der Waals surface area contributed by atoms with Gasteiger partial charge in [-0.05, 0) is 5.41 Å². The lowest BCUT2D eigenvalue weighted by atomic mass is 9.69. The molecular formula is C14H23N. The lowest BCUT2D eigenvalue weighted by Gasteiger charge is -2.42. The lowest BCUT2D eigenvalue weighted by molar-refractivity contribution is 0.238. The normalized spacial score (nSPS) is 34.8. The van der Waals surface area contributed by atoms with E-state index in [0.29, 0.717) is 23.3 Å². The van der Waals surface area contributed by atoms with Crippen LogP contribution < -0.4 is 0 Å². The van der Waals surface area contributed by atoms with Gasteiger partial charge in [0.25, 0.3) is 0 Å². The molecule has 0 aromatic rings. The molecule has 3 atom stereocenters. The topological polar surface area (TPSA) is 12.4 Å². The molecule has 0 bridgehead atoms. The first kappa shape index (κ1) is 10.9. The number of hydrogen-bond acceptors (Lipinski definition) is 1. The first-order valence-electron chi connectivity index (χ1n) is 5.98. The van der Waals surface area contributed by atoms with Crippen molar-refractivity contribution in [1.29, 1.82) is 0 Å². The van der Waals surface area contributed by atoms with E-state index in [1.165, 1.54) is 5.71 Å². The van der Waals surface area contributed by atoms with E-state index in [9.17, 15) is 0 Å². The second-order valence-electron chi connectivity index (χ2n) is 7.06. The average molecular weight is 205 g/mol. The third-order valence-electron chi connectivity index (χ3n) is 3.63. The van der Waals surface area contributed by atoms with Gasteiger partial charge in [0.05, 0.1) is 6.04 Å². The maximum absolute atomic E-state index is 4.86. The summed E-state index contributed by atoms with van der Waals surface area (Å²) in [7, 11) is 0. The Labute approximate surface area is 93.7 Å². The highest BCUT2D eigenvalue weighted by atomic mass is 14.9. The van der Waals surface area contributed by atoms with E-state index >= 15 is 0 Å². The summed E-state index contributed by atoms with van der Waals surface area (Å²) in [5.74, 6) is 1.27. The van der Waals surface area contributed by atoms with E-state index in [2.05, 4.69) is 53.7 Å². The van der Waals surface area contributed by atoms with Crippen molar-refractivity contribution in [2.75, 3.05) is 0 Å². The quantitative estimate of drug-likeness (QED) is 0.535. The monoisotopic (exact) mass is 205 g/mol. The Morgan fingerprint density at radius 1 is 1.00 bits per heavy atom. The zero-order chi connectivity index (χ0) is 11.4. The Morgan fingerprint density at radius 3 is 2.07 bits per heavy atom. The Hall–Kier alpha value is -0.590. The maximum atomic E-state index is 4.86. The molecule has 0 saturated carbocycles. The number of rotatable bonds is 0. The molecule has 0 fully saturated rings. The second-order valence-corrected chi connectivity index (χ2v) is 7.06. The largest absolute Gasteiger partial charge is 0.288 e. The van der Waals surface area contributed by atoms with Crippen molar-refractivity contribution < 1.29 is 0 Å². The van der Waals surface area contributed by atoms with Crippen LogP contribution in [-0.2, 0) is 0 Å². The summed E-state index contributed by atoms with van der Waals surface area (Å²) in [6.07, 6.45) is 4.77. The van der Waals surface area contributed by atoms with Gasteiger partial charge in [-0.25, -0.2) is 0 Å². The Kier molecular flexibility index (Phi) is 2.15. The molecule has 15 heavy (non-hydrogen) atoms. The Morgan fingerprint density at radius 2 is 1.60 bits per heavy atom. The van der Waals surface area contributed by atoms with Crippen LogP contribution in [0.4, 0.5) is 0 Å². The van der Waals surface area contributed by atoms with Gasteiger partial charge in [-0.1, -0.05) is 53.7 Å². The van der Waals surface area contributed by atoms with Crippen LogP contribution in [0.1, 0.15) is 41.5 Å². The Balaban J connectivity index is 2.20. The summed E-state index contributed by atoms with van der Waals surface area (Å²) < 4.78 is 0. The molecule has 1 nitrogen and oxygen atoms in total. The molecule has 0 aromatic heterocycles. The van der Waals surface area contributed by atoms with Crippen molar-refractivity contribution in [3.05, 3.63) is 12.2 Å². The van der Waals surface area contributed by atoms with Crippen molar-refractivity contribution >= 4 is 5.71 Å². The number of hydrogen-bond donors (Lipinski definition) is 0. The molecule has 1 aliphatic heterocycles. The molecule has 0 radical (unpaired) electrons. The minimum atomic E-state index is 0.248. The summed E-state index contributed by atoms with van der Waals surface area (Å²) in [5.41, 5.74) is 2.00. The van der Waals surface area contributed by atoms with Gasteiger partial charge in [0, 0.05) is 23.0 Å². The van der Waals surface area contributed by atoms with E-state index in [4.69, 9.17) is 4.99 Å². The summed E-state index contributed by atoms with van der Waals surface area (Å²) in [6, 6.07) is 0.541. The number of nitrogens with zero attached hydrogens (tertiary/aromatic N) is 1. The fraction of sp³-hybridized carbons (Fsp3) is 0.786. The van der Waals surface area contributed by atoms with Crippen molar-refractivity contribution in [3.63, 3.8) is 0 Å². The molecule has 2 rings (SSSR count). The predicted octanol–water partition coefficient (Wildman–Crippen LogP) is 3.70. The summed E-state index contributed by atoms with van der Waals surface area (Å²) in [6.45, 7) is 13.7. The summed E-state index contributed by atoms with van der Waals surface area (Å²) in [4.78, 5) is 4.86. The predicted molar refractivity (Wildman–Crippen MR) is 66.3 cm³/mol. The first-order chi connectivity index (χ1) is 6.71. The molecule has 0 amide bonds. The van der Waals surface area contributed by atoms with Crippen molar-refractivity contribution in [2.24, 2.45) is 27.7 Å². The van der Waals surface area contributed by atoms with Crippen LogP contribution in [0.25, 0.3) is 0 Å². The third-order valence-corrected chi connectivity index (χ3v) is 3.63. The highest BCUT2D eigenvalue weighted by molar-refractivity contribution is 5.98. The van der Waals surface area contributed by atoms with E-state index in [1.54, 1.807) is 0 Å². The van der Waals surface area contributed by atoms with Gasteiger partial charge in [-0.15, -0.1) is 0 Å². The molecule has 0 aromatic carbocycles. The fourth-order valence-corrected chi connectivity index (χ4v) is 2.76. The lowest BCUT2D eigenvalue weighted by Crippen LogP contribution is -2.46. The molecular weight excluding hydrogens is 182 g/mol. The van der Waals surface area contributed by atoms with Crippen molar-refractivity contribution in [1.82, 2.24) is 0 Å². The van der Waals surface area contributed by atoms with Gasteiger partial charge in [0.2, 0.25) is 0 Å².